The lowest BCUT2D eigenvalue weighted by atomic mass is 9.88. The van der Waals surface area contributed by atoms with Gasteiger partial charge in [-0.25, -0.2) is 0 Å². The number of benzene rings is 4. The number of rotatable bonds is 14. The minimum absolute atomic E-state index is 0.142. The van der Waals surface area contributed by atoms with Gasteiger partial charge in [-0.2, -0.15) is 0 Å². The van der Waals surface area contributed by atoms with E-state index in [0.29, 0.717) is 45.4 Å². The molecule has 6 rings (SSSR count). The van der Waals surface area contributed by atoms with Crippen LogP contribution in [-0.4, -0.2) is 44.4 Å². The minimum atomic E-state index is -0.510. The van der Waals surface area contributed by atoms with Crippen molar-refractivity contribution < 1.29 is 28.4 Å². The first kappa shape index (κ1) is 40.4. The van der Waals surface area contributed by atoms with Crippen molar-refractivity contribution in [1.29, 1.82) is 0 Å². The van der Waals surface area contributed by atoms with Gasteiger partial charge in [-0.1, -0.05) is 161 Å². The number of hydrogen-bond donors (Lipinski definition) is 0. The molecule has 2 fully saturated rings. The summed E-state index contributed by atoms with van der Waals surface area (Å²) in [6.07, 6.45) is 5.49. The second-order valence-electron chi connectivity index (χ2n) is 13.6. The maximum atomic E-state index is 6.70. The van der Waals surface area contributed by atoms with E-state index < -0.39 is 6.29 Å². The Morgan fingerprint density at radius 1 is 0.608 bits per heavy atom. The first-order valence-electron chi connectivity index (χ1n) is 18.8. The van der Waals surface area contributed by atoms with Gasteiger partial charge in [-0.05, 0) is 41.0 Å². The van der Waals surface area contributed by atoms with Gasteiger partial charge in [-0.3, -0.25) is 0 Å². The Labute approximate surface area is 307 Å². The fraction of sp³-hybridized carbons (Fsp3) is 0.467. The Morgan fingerprint density at radius 3 is 1.61 bits per heavy atom. The summed E-state index contributed by atoms with van der Waals surface area (Å²) in [4.78, 5) is 0. The third-order valence-electron chi connectivity index (χ3n) is 8.83. The Bertz CT molecular complexity index is 1400. The zero-order chi connectivity index (χ0) is 35.9. The zero-order valence-corrected chi connectivity index (χ0v) is 31.2. The van der Waals surface area contributed by atoms with Crippen LogP contribution in [0.15, 0.2) is 121 Å². The van der Waals surface area contributed by atoms with Gasteiger partial charge in [-0.15, -0.1) is 0 Å². The lowest BCUT2D eigenvalue weighted by Crippen LogP contribution is -2.54. The van der Waals surface area contributed by atoms with E-state index in [2.05, 4.69) is 57.2 Å². The summed E-state index contributed by atoms with van der Waals surface area (Å²) in [6, 6.07) is 40.9. The predicted octanol–water partition coefficient (Wildman–Crippen LogP) is 10.3. The van der Waals surface area contributed by atoms with Crippen molar-refractivity contribution in [3.8, 4) is 0 Å². The molecule has 1 aliphatic carbocycles. The Kier molecular flexibility index (Phi) is 19.0. The third-order valence-corrected chi connectivity index (χ3v) is 8.83. The molecule has 0 spiro atoms. The van der Waals surface area contributed by atoms with E-state index in [-0.39, 0.29) is 24.4 Å². The fourth-order valence-electron chi connectivity index (χ4n) is 6.32. The molecule has 0 aromatic heterocycles. The molecule has 1 saturated heterocycles. The van der Waals surface area contributed by atoms with E-state index in [1.807, 2.05) is 84.9 Å². The lowest BCUT2D eigenvalue weighted by molar-refractivity contribution is -0.306. The van der Waals surface area contributed by atoms with Gasteiger partial charge in [0.1, 0.15) is 6.10 Å². The minimum Gasteiger partial charge on any atom is -0.380 e. The second-order valence-corrected chi connectivity index (χ2v) is 13.6. The van der Waals surface area contributed by atoms with Crippen LogP contribution in [0.5, 0.6) is 0 Å². The maximum Gasteiger partial charge on any atom is 0.187 e. The number of methoxy groups -OCH3 is 1. The van der Waals surface area contributed by atoms with Gasteiger partial charge in [0.05, 0.1) is 51.3 Å². The highest BCUT2D eigenvalue weighted by molar-refractivity contribution is 5.16. The molecule has 4 aromatic rings. The van der Waals surface area contributed by atoms with Crippen LogP contribution in [0.1, 0.15) is 81.5 Å². The van der Waals surface area contributed by atoms with Gasteiger partial charge < -0.3 is 28.4 Å². The molecule has 6 unspecified atom stereocenters. The molecule has 51 heavy (non-hydrogen) atoms. The van der Waals surface area contributed by atoms with Crippen LogP contribution >= 0.6 is 0 Å². The summed E-state index contributed by atoms with van der Waals surface area (Å²) < 4.78 is 37.5. The topological polar surface area (TPSA) is 55.4 Å². The van der Waals surface area contributed by atoms with Crippen LogP contribution < -0.4 is 0 Å². The van der Waals surface area contributed by atoms with Crippen LogP contribution in [0.4, 0.5) is 0 Å². The predicted molar refractivity (Wildman–Crippen MR) is 205 cm³/mol. The van der Waals surface area contributed by atoms with Crippen molar-refractivity contribution in [3.05, 3.63) is 144 Å². The summed E-state index contributed by atoms with van der Waals surface area (Å²) >= 11 is 0. The fourth-order valence-corrected chi connectivity index (χ4v) is 6.32. The molecule has 1 heterocycles. The first-order valence-corrected chi connectivity index (χ1v) is 18.8. The highest BCUT2D eigenvalue weighted by Crippen LogP contribution is 2.33. The van der Waals surface area contributed by atoms with Crippen LogP contribution in [0.25, 0.3) is 0 Å². The largest absolute Gasteiger partial charge is 0.380 e. The van der Waals surface area contributed by atoms with Crippen LogP contribution in [0.3, 0.4) is 0 Å². The molecule has 0 amide bonds. The highest BCUT2D eigenvalue weighted by atomic mass is 16.7. The molecule has 0 bridgehead atoms. The van der Waals surface area contributed by atoms with E-state index in [9.17, 15) is 0 Å². The van der Waals surface area contributed by atoms with Crippen LogP contribution in [0, 0.1) is 5.92 Å². The van der Waals surface area contributed by atoms with Gasteiger partial charge in [0.2, 0.25) is 0 Å². The first-order chi connectivity index (χ1) is 25.1. The molecule has 6 heteroatoms. The quantitative estimate of drug-likeness (QED) is 0.131. The molecule has 276 valence electrons. The standard InChI is InChI=1S/C34H42O5.C8H10O.C3H8/c1-26-12-11-19-30(20-26)38-34-33(37-24-29-17-9-4-10-18-29)32(36-23-28-15-7-3-8-16-28)21-31(39-34)25-35-22-27-13-5-2-6-14-27;1-9-7-8-5-3-2-4-6-8;1-3-2/h2-10,13-18,26,30-34H,11-12,19-25H2,1H3;2-6H,7H2,1H3;3H2,1-2H3. The van der Waals surface area contributed by atoms with Crippen molar-refractivity contribution in [2.24, 2.45) is 5.92 Å². The van der Waals surface area contributed by atoms with Crippen molar-refractivity contribution in [2.45, 2.75) is 116 Å². The molecule has 0 N–H and O–H groups in total. The molecule has 1 aliphatic heterocycles. The maximum absolute atomic E-state index is 6.70. The van der Waals surface area contributed by atoms with E-state index >= 15 is 0 Å². The summed E-state index contributed by atoms with van der Waals surface area (Å²) in [6.45, 7) is 9.30. The van der Waals surface area contributed by atoms with Crippen molar-refractivity contribution in [1.82, 2.24) is 0 Å². The van der Waals surface area contributed by atoms with Gasteiger partial charge in [0, 0.05) is 13.5 Å². The van der Waals surface area contributed by atoms with E-state index in [0.717, 1.165) is 29.5 Å². The average molecular weight is 697 g/mol. The van der Waals surface area contributed by atoms with Crippen molar-refractivity contribution in [3.63, 3.8) is 0 Å². The molecule has 6 nitrogen and oxygen atoms in total. The monoisotopic (exact) mass is 696 g/mol. The SMILES string of the molecule is CC1CCCC(OC2OC(COCc3ccccc3)CC(OCc3ccccc3)C2OCc2ccccc2)C1.CCC.COCc1ccccc1. The Morgan fingerprint density at radius 2 is 1.10 bits per heavy atom. The average Bonchev–Trinajstić information content (AvgIpc) is 3.16. The van der Waals surface area contributed by atoms with Gasteiger partial charge in [0.25, 0.3) is 0 Å². The van der Waals surface area contributed by atoms with E-state index in [4.69, 9.17) is 28.4 Å². The lowest BCUT2D eigenvalue weighted by Gasteiger charge is -2.43. The molecular weight excluding hydrogens is 636 g/mol. The van der Waals surface area contributed by atoms with Gasteiger partial charge >= 0.3 is 0 Å². The van der Waals surface area contributed by atoms with Crippen LogP contribution in [0.2, 0.25) is 0 Å². The molecule has 4 aromatic carbocycles. The normalized spacial score (nSPS) is 22.9. The summed E-state index contributed by atoms with van der Waals surface area (Å²) in [5.74, 6) is 0.658. The summed E-state index contributed by atoms with van der Waals surface area (Å²) in [7, 11) is 1.70. The smallest absolute Gasteiger partial charge is 0.187 e. The highest BCUT2D eigenvalue weighted by Gasteiger charge is 2.42. The molecule has 0 radical (unpaired) electrons. The van der Waals surface area contributed by atoms with E-state index in [1.54, 1.807) is 7.11 Å². The van der Waals surface area contributed by atoms with Crippen molar-refractivity contribution in [2.75, 3.05) is 13.7 Å². The Balaban J connectivity index is 0.000000415. The second kappa shape index (κ2) is 24.0. The summed E-state index contributed by atoms with van der Waals surface area (Å²) in [5, 5.41) is 0. The molecule has 2 aliphatic rings. The van der Waals surface area contributed by atoms with E-state index in [1.165, 1.54) is 24.8 Å². The third kappa shape index (κ3) is 15.4. The number of ether oxygens (including phenoxy) is 6. The van der Waals surface area contributed by atoms with Crippen LogP contribution in [-0.2, 0) is 54.8 Å². The Hall–Kier alpha value is -3.36. The molecular formula is C45H60O6. The zero-order valence-electron chi connectivity index (χ0n) is 31.2. The van der Waals surface area contributed by atoms with Gasteiger partial charge in [0.15, 0.2) is 6.29 Å². The number of hydrogen-bond acceptors (Lipinski definition) is 6. The van der Waals surface area contributed by atoms with Crippen molar-refractivity contribution >= 4 is 0 Å². The summed E-state index contributed by atoms with van der Waals surface area (Å²) in [5.41, 5.74) is 4.64. The molecule has 1 saturated carbocycles. The molecule has 6 atom stereocenters.